The van der Waals surface area contributed by atoms with Gasteiger partial charge in [-0.3, -0.25) is 0 Å². The van der Waals surface area contributed by atoms with Gasteiger partial charge in [0.25, 0.3) is 0 Å². The lowest BCUT2D eigenvalue weighted by molar-refractivity contribution is 0.627. The molecule has 5 heteroatoms. The fraction of sp³-hybridized carbons (Fsp3) is 0.250. The van der Waals surface area contributed by atoms with Crippen molar-refractivity contribution in [1.29, 1.82) is 0 Å². The van der Waals surface area contributed by atoms with Crippen LogP contribution < -0.4 is 0 Å². The van der Waals surface area contributed by atoms with Gasteiger partial charge >= 0.3 is 0 Å². The Hall–Kier alpha value is -0.570. The topological polar surface area (TPSA) is 12.4 Å². The Bertz CT molecular complexity index is 535. The second kappa shape index (κ2) is 4.97. The predicted octanol–water partition coefficient (Wildman–Crippen LogP) is 5.21. The Kier molecular flexibility index (Phi) is 3.76. The summed E-state index contributed by atoms with van der Waals surface area (Å²) in [5.41, 5.74) is 2.33. The summed E-state index contributed by atoms with van der Waals surface area (Å²) in [5.74, 6) is -0.504. The molecule has 17 heavy (non-hydrogen) atoms. The van der Waals surface area contributed by atoms with Gasteiger partial charge in [0.1, 0.15) is 11.0 Å². The van der Waals surface area contributed by atoms with E-state index in [9.17, 15) is 4.39 Å². The molecule has 0 N–H and O–H groups in total. The van der Waals surface area contributed by atoms with Crippen molar-refractivity contribution in [2.45, 2.75) is 19.8 Å². The fourth-order valence-electron chi connectivity index (χ4n) is 1.64. The molecular weight excluding hydrogens is 283 g/mol. The summed E-state index contributed by atoms with van der Waals surface area (Å²) >= 11 is 17.7. The van der Waals surface area contributed by atoms with E-state index < -0.39 is 5.82 Å². The maximum atomic E-state index is 13.4. The number of fused-ring (bicyclic) bond motifs is 1. The molecule has 0 amide bonds. The Morgan fingerprint density at radius 3 is 2.59 bits per heavy atom. The number of hydrogen-bond acceptors (Lipinski definition) is 1. The number of allylic oxidation sites excluding steroid dienone is 2. The van der Waals surface area contributed by atoms with Gasteiger partial charge in [-0.25, -0.2) is 9.38 Å². The smallest absolute Gasteiger partial charge is 0.148 e. The Morgan fingerprint density at radius 1 is 1.18 bits per heavy atom. The van der Waals surface area contributed by atoms with Crippen LogP contribution in [0.2, 0.25) is 5.02 Å². The maximum absolute atomic E-state index is 13.4. The number of nitrogens with zero attached hydrogens (tertiary/aromatic N) is 1. The first-order valence-corrected chi connectivity index (χ1v) is 6.20. The molecule has 1 heterocycles. The Labute approximate surface area is 114 Å². The van der Waals surface area contributed by atoms with Crippen molar-refractivity contribution >= 4 is 45.7 Å². The second-order valence-electron chi connectivity index (χ2n) is 3.89. The third kappa shape index (κ3) is 2.65. The molecule has 1 aromatic rings. The van der Waals surface area contributed by atoms with Gasteiger partial charge < -0.3 is 0 Å². The second-order valence-corrected chi connectivity index (χ2v) is 5.04. The molecule has 0 spiro atoms. The van der Waals surface area contributed by atoms with Gasteiger partial charge in [-0.15, -0.1) is 0 Å². The molecule has 90 valence electrons. The van der Waals surface area contributed by atoms with Crippen molar-refractivity contribution in [2.24, 2.45) is 4.99 Å². The minimum atomic E-state index is -0.504. The van der Waals surface area contributed by atoms with Gasteiger partial charge in [0.15, 0.2) is 0 Å². The summed E-state index contributed by atoms with van der Waals surface area (Å²) in [5, 5.41) is 0.725. The van der Waals surface area contributed by atoms with Crippen LogP contribution in [0.1, 0.15) is 18.9 Å². The zero-order valence-corrected chi connectivity index (χ0v) is 11.3. The maximum Gasteiger partial charge on any atom is 0.148 e. The van der Waals surface area contributed by atoms with E-state index in [-0.39, 0.29) is 10.2 Å². The normalized spacial score (nSPS) is 16.2. The Balaban J connectivity index is 2.58. The van der Waals surface area contributed by atoms with Crippen molar-refractivity contribution in [2.75, 3.05) is 0 Å². The summed E-state index contributed by atoms with van der Waals surface area (Å²) < 4.78 is 13.4. The molecule has 0 saturated carbocycles. The van der Waals surface area contributed by atoms with Crippen LogP contribution in [0.4, 0.5) is 10.1 Å². The Morgan fingerprint density at radius 2 is 1.88 bits per heavy atom. The molecule has 1 aromatic carbocycles. The van der Waals surface area contributed by atoms with Crippen LogP contribution in [-0.2, 0) is 6.42 Å². The standard InChI is InChI=1S/C12H9Cl3FN/c1-6-2-3-7-4-8(13)9(16)5-10(7)17-12(15)11(6)14/h4-5H,2-3H2,1H3. The number of benzene rings is 1. The number of halogens is 4. The summed E-state index contributed by atoms with van der Waals surface area (Å²) in [7, 11) is 0. The lowest BCUT2D eigenvalue weighted by Crippen LogP contribution is -1.99. The van der Waals surface area contributed by atoms with Gasteiger partial charge in [0.2, 0.25) is 0 Å². The summed E-state index contributed by atoms with van der Waals surface area (Å²) in [6, 6.07) is 2.87. The molecule has 2 rings (SSSR count). The molecule has 0 aliphatic carbocycles. The molecule has 0 radical (unpaired) electrons. The highest BCUT2D eigenvalue weighted by Gasteiger charge is 2.14. The van der Waals surface area contributed by atoms with Crippen LogP contribution in [0.3, 0.4) is 0 Å². The molecule has 0 aromatic heterocycles. The third-order valence-corrected chi connectivity index (χ3v) is 3.83. The van der Waals surface area contributed by atoms with Crippen LogP contribution in [0.15, 0.2) is 27.7 Å². The van der Waals surface area contributed by atoms with E-state index in [2.05, 4.69) is 4.99 Å². The van der Waals surface area contributed by atoms with Crippen molar-refractivity contribution in [3.05, 3.63) is 39.1 Å². The molecule has 1 aliphatic rings. The van der Waals surface area contributed by atoms with E-state index in [4.69, 9.17) is 34.8 Å². The highest BCUT2D eigenvalue weighted by molar-refractivity contribution is 6.76. The van der Waals surface area contributed by atoms with Crippen molar-refractivity contribution < 1.29 is 4.39 Å². The molecular formula is C12H9Cl3FN. The first-order chi connectivity index (χ1) is 7.99. The number of aliphatic imine (C=N–C) groups is 1. The largest absolute Gasteiger partial charge is 0.235 e. The third-order valence-electron chi connectivity index (χ3n) is 2.67. The summed E-state index contributed by atoms with van der Waals surface area (Å²) in [6.07, 6.45) is 1.46. The van der Waals surface area contributed by atoms with E-state index in [1.54, 1.807) is 6.07 Å². The minimum absolute atomic E-state index is 0.100. The monoisotopic (exact) mass is 291 g/mol. The van der Waals surface area contributed by atoms with E-state index in [0.29, 0.717) is 17.1 Å². The zero-order chi connectivity index (χ0) is 12.6. The van der Waals surface area contributed by atoms with Crippen LogP contribution in [0, 0.1) is 5.82 Å². The van der Waals surface area contributed by atoms with Crippen LogP contribution in [-0.4, -0.2) is 5.17 Å². The average Bonchev–Trinajstić information content (AvgIpc) is 2.29. The molecule has 0 saturated heterocycles. The van der Waals surface area contributed by atoms with Crippen LogP contribution >= 0.6 is 34.8 Å². The molecule has 1 nitrogen and oxygen atoms in total. The van der Waals surface area contributed by atoms with Gasteiger partial charge in [-0.05, 0) is 31.4 Å². The van der Waals surface area contributed by atoms with Gasteiger partial charge in [-0.1, -0.05) is 40.4 Å². The molecule has 0 unspecified atom stereocenters. The SMILES string of the molecule is CC1=C(Cl)C(Cl)=Nc2cc(F)c(Cl)cc2CC1. The lowest BCUT2D eigenvalue weighted by Gasteiger charge is -2.13. The van der Waals surface area contributed by atoms with Crippen molar-refractivity contribution in [3.63, 3.8) is 0 Å². The van der Waals surface area contributed by atoms with E-state index in [0.717, 1.165) is 17.6 Å². The summed E-state index contributed by atoms with van der Waals surface area (Å²) in [4.78, 5) is 4.13. The quantitative estimate of drug-likeness (QED) is 0.622. The molecule has 0 bridgehead atoms. The van der Waals surface area contributed by atoms with E-state index in [1.807, 2.05) is 6.92 Å². The first-order valence-electron chi connectivity index (χ1n) is 5.06. The number of hydrogen-bond donors (Lipinski definition) is 0. The van der Waals surface area contributed by atoms with Gasteiger partial charge in [0, 0.05) is 6.07 Å². The number of aryl methyl sites for hydroxylation is 1. The fourth-order valence-corrected chi connectivity index (χ4v) is 2.22. The van der Waals surface area contributed by atoms with E-state index >= 15 is 0 Å². The molecule has 1 aliphatic heterocycles. The number of rotatable bonds is 0. The van der Waals surface area contributed by atoms with Gasteiger partial charge in [0.05, 0.1) is 15.7 Å². The van der Waals surface area contributed by atoms with Gasteiger partial charge in [-0.2, -0.15) is 0 Å². The highest BCUT2D eigenvalue weighted by Crippen LogP contribution is 2.32. The summed E-state index contributed by atoms with van der Waals surface area (Å²) in [6.45, 7) is 1.90. The van der Waals surface area contributed by atoms with Crippen molar-refractivity contribution in [3.8, 4) is 0 Å². The van der Waals surface area contributed by atoms with Crippen LogP contribution in [0.5, 0.6) is 0 Å². The van der Waals surface area contributed by atoms with Crippen molar-refractivity contribution in [1.82, 2.24) is 0 Å². The highest BCUT2D eigenvalue weighted by atomic mass is 35.5. The molecule has 0 fully saturated rings. The predicted molar refractivity (Wildman–Crippen MR) is 71.2 cm³/mol. The first kappa shape index (κ1) is 12.9. The average molecular weight is 293 g/mol. The minimum Gasteiger partial charge on any atom is -0.235 e. The molecule has 0 atom stereocenters. The van der Waals surface area contributed by atoms with E-state index in [1.165, 1.54) is 6.07 Å². The lowest BCUT2D eigenvalue weighted by atomic mass is 10.0. The van der Waals surface area contributed by atoms with Crippen LogP contribution in [0.25, 0.3) is 0 Å². The zero-order valence-electron chi connectivity index (χ0n) is 9.03.